The van der Waals surface area contributed by atoms with Gasteiger partial charge < -0.3 is 15.4 Å². The fourth-order valence-electron chi connectivity index (χ4n) is 2.14. The second kappa shape index (κ2) is 7.79. The number of rotatable bonds is 6. The number of hydrogen-bond donors (Lipinski definition) is 2. The summed E-state index contributed by atoms with van der Waals surface area (Å²) in [5.74, 6) is -0.706. The van der Waals surface area contributed by atoms with Crippen molar-refractivity contribution in [3.63, 3.8) is 0 Å². The van der Waals surface area contributed by atoms with Crippen LogP contribution >= 0.6 is 0 Å². The quantitative estimate of drug-likeness (QED) is 0.791. The molecule has 6 heteroatoms. The van der Waals surface area contributed by atoms with E-state index in [1.165, 1.54) is 33.1 Å². The molecule has 2 rings (SSSR count). The molecule has 2 amide bonds. The summed E-state index contributed by atoms with van der Waals surface area (Å²) in [5, 5.41) is 5.41. The molecule has 0 heterocycles. The maximum atomic E-state index is 12.9. The summed E-state index contributed by atoms with van der Waals surface area (Å²) < 4.78 is 18.1. The minimum Gasteiger partial charge on any atom is -0.495 e. The van der Waals surface area contributed by atoms with E-state index in [1.54, 1.807) is 36.4 Å². The zero-order valence-electron chi connectivity index (χ0n) is 14.4. The van der Waals surface area contributed by atoms with E-state index in [4.69, 9.17) is 4.74 Å². The molecule has 0 fully saturated rings. The first-order valence-electron chi connectivity index (χ1n) is 7.82. The molecule has 0 aliphatic rings. The number of anilines is 1. The molecule has 0 radical (unpaired) electrons. The molecule has 0 atom stereocenters. The molecule has 5 nitrogen and oxygen atoms in total. The van der Waals surface area contributed by atoms with Crippen molar-refractivity contribution in [2.75, 3.05) is 12.4 Å². The lowest BCUT2D eigenvalue weighted by molar-refractivity contribution is -0.138. The fraction of sp³-hybridized carbons (Fsp3) is 0.263. The molecule has 0 saturated heterocycles. The van der Waals surface area contributed by atoms with Gasteiger partial charge in [0.2, 0.25) is 11.8 Å². The Morgan fingerprint density at radius 3 is 2.32 bits per heavy atom. The van der Waals surface area contributed by atoms with Gasteiger partial charge in [0.1, 0.15) is 17.0 Å². The molecule has 0 saturated carbocycles. The number of amides is 2. The van der Waals surface area contributed by atoms with Gasteiger partial charge in [0.05, 0.1) is 12.8 Å². The van der Waals surface area contributed by atoms with Gasteiger partial charge in [0.15, 0.2) is 0 Å². The van der Waals surface area contributed by atoms with Gasteiger partial charge in [-0.05, 0) is 43.7 Å². The van der Waals surface area contributed by atoms with Gasteiger partial charge in [-0.25, -0.2) is 4.39 Å². The summed E-state index contributed by atoms with van der Waals surface area (Å²) in [4.78, 5) is 24.9. The third kappa shape index (κ3) is 4.56. The number of methoxy groups -OCH3 is 1. The maximum absolute atomic E-state index is 12.9. The third-order valence-electron chi connectivity index (χ3n) is 3.86. The highest BCUT2D eigenvalue weighted by Crippen LogP contribution is 2.26. The van der Waals surface area contributed by atoms with Crippen LogP contribution in [-0.4, -0.2) is 18.9 Å². The van der Waals surface area contributed by atoms with Crippen LogP contribution in [0.2, 0.25) is 0 Å². The lowest BCUT2D eigenvalue weighted by atomic mass is 9.90. The second-order valence-electron chi connectivity index (χ2n) is 6.09. The minimum absolute atomic E-state index is 0.213. The third-order valence-corrected chi connectivity index (χ3v) is 3.86. The Bertz CT molecular complexity index is 758. The normalized spacial score (nSPS) is 10.9. The van der Waals surface area contributed by atoms with E-state index >= 15 is 0 Å². The number of carbonyl (C=O) groups excluding carboxylic acids is 2. The SMILES string of the molecule is COc1ccccc1NC(=O)C(C)(C)C(=O)NCc1ccc(F)cc1. The molecule has 0 spiro atoms. The van der Waals surface area contributed by atoms with E-state index in [0.29, 0.717) is 11.4 Å². The number of ether oxygens (including phenoxy) is 1. The monoisotopic (exact) mass is 344 g/mol. The van der Waals surface area contributed by atoms with Crippen molar-refractivity contribution in [1.29, 1.82) is 0 Å². The van der Waals surface area contributed by atoms with Crippen molar-refractivity contribution in [2.45, 2.75) is 20.4 Å². The Kier molecular flexibility index (Phi) is 5.75. The van der Waals surface area contributed by atoms with E-state index < -0.39 is 17.2 Å². The summed E-state index contributed by atoms with van der Waals surface area (Å²) in [7, 11) is 1.51. The number of nitrogens with one attached hydrogen (secondary N) is 2. The maximum Gasteiger partial charge on any atom is 0.239 e. The van der Waals surface area contributed by atoms with Crippen LogP contribution in [0.3, 0.4) is 0 Å². The number of carbonyl (C=O) groups is 2. The smallest absolute Gasteiger partial charge is 0.239 e. The Balaban J connectivity index is 2.01. The molecule has 0 aromatic heterocycles. The van der Waals surface area contributed by atoms with E-state index in [2.05, 4.69) is 10.6 Å². The highest BCUT2D eigenvalue weighted by molar-refractivity contribution is 6.10. The molecule has 0 aliphatic carbocycles. The number of benzene rings is 2. The molecule has 0 aliphatic heterocycles. The highest BCUT2D eigenvalue weighted by atomic mass is 19.1. The van der Waals surface area contributed by atoms with Crippen molar-refractivity contribution in [1.82, 2.24) is 5.32 Å². The van der Waals surface area contributed by atoms with Crippen LogP contribution in [-0.2, 0) is 16.1 Å². The molecule has 25 heavy (non-hydrogen) atoms. The lowest BCUT2D eigenvalue weighted by Gasteiger charge is -2.23. The van der Waals surface area contributed by atoms with Gasteiger partial charge in [-0.2, -0.15) is 0 Å². The van der Waals surface area contributed by atoms with E-state index in [-0.39, 0.29) is 12.4 Å². The molecule has 2 N–H and O–H groups in total. The standard InChI is InChI=1S/C19H21FN2O3/c1-19(2,17(23)21-12-13-8-10-14(20)11-9-13)18(24)22-15-6-4-5-7-16(15)25-3/h4-11H,12H2,1-3H3,(H,21,23)(H,22,24). The van der Waals surface area contributed by atoms with Crippen molar-refractivity contribution < 1.29 is 18.7 Å². The van der Waals surface area contributed by atoms with E-state index in [9.17, 15) is 14.0 Å². The van der Waals surface area contributed by atoms with Gasteiger partial charge in [-0.15, -0.1) is 0 Å². The van der Waals surface area contributed by atoms with Crippen LogP contribution < -0.4 is 15.4 Å². The second-order valence-corrected chi connectivity index (χ2v) is 6.09. The summed E-state index contributed by atoms with van der Waals surface area (Å²) in [5.41, 5.74) is -0.0500. The van der Waals surface area contributed by atoms with Crippen LogP contribution in [0.5, 0.6) is 5.75 Å². The van der Waals surface area contributed by atoms with Crippen molar-refractivity contribution >= 4 is 17.5 Å². The van der Waals surface area contributed by atoms with Crippen LogP contribution in [0.15, 0.2) is 48.5 Å². The Hall–Kier alpha value is -2.89. The highest BCUT2D eigenvalue weighted by Gasteiger charge is 2.36. The topological polar surface area (TPSA) is 67.4 Å². The van der Waals surface area contributed by atoms with E-state index in [1.807, 2.05) is 0 Å². The largest absolute Gasteiger partial charge is 0.495 e. The minimum atomic E-state index is -1.29. The van der Waals surface area contributed by atoms with Gasteiger partial charge in [-0.1, -0.05) is 24.3 Å². The zero-order valence-corrected chi connectivity index (χ0v) is 14.4. The molecular weight excluding hydrogens is 323 g/mol. The Labute approximate surface area is 146 Å². The van der Waals surface area contributed by atoms with Gasteiger partial charge in [0.25, 0.3) is 0 Å². The average Bonchev–Trinajstić information content (AvgIpc) is 2.61. The summed E-state index contributed by atoms with van der Waals surface area (Å²) in [6.07, 6.45) is 0. The fourth-order valence-corrected chi connectivity index (χ4v) is 2.14. The predicted molar refractivity (Wildman–Crippen MR) is 93.7 cm³/mol. The van der Waals surface area contributed by atoms with Gasteiger partial charge in [-0.3, -0.25) is 9.59 Å². The molecule has 2 aromatic carbocycles. The molecule has 0 bridgehead atoms. The van der Waals surface area contributed by atoms with Gasteiger partial charge in [0, 0.05) is 6.54 Å². The predicted octanol–water partition coefficient (Wildman–Crippen LogP) is 3.12. The van der Waals surface area contributed by atoms with Crippen LogP contribution in [0.25, 0.3) is 0 Å². The van der Waals surface area contributed by atoms with Gasteiger partial charge >= 0.3 is 0 Å². The zero-order chi connectivity index (χ0) is 18.4. The number of halogens is 1. The molecule has 2 aromatic rings. The van der Waals surface area contributed by atoms with Crippen molar-refractivity contribution in [3.8, 4) is 5.75 Å². The van der Waals surface area contributed by atoms with Crippen LogP contribution in [0.1, 0.15) is 19.4 Å². The average molecular weight is 344 g/mol. The van der Waals surface area contributed by atoms with Crippen LogP contribution in [0, 0.1) is 11.2 Å². The van der Waals surface area contributed by atoms with Crippen LogP contribution in [0.4, 0.5) is 10.1 Å². The Morgan fingerprint density at radius 1 is 1.04 bits per heavy atom. The molecule has 132 valence electrons. The summed E-state index contributed by atoms with van der Waals surface area (Å²) >= 11 is 0. The number of para-hydroxylation sites is 2. The first-order chi connectivity index (χ1) is 11.8. The first kappa shape index (κ1) is 18.4. The lowest BCUT2D eigenvalue weighted by Crippen LogP contribution is -2.44. The number of hydrogen-bond acceptors (Lipinski definition) is 3. The first-order valence-corrected chi connectivity index (χ1v) is 7.82. The van der Waals surface area contributed by atoms with Crippen molar-refractivity contribution in [2.24, 2.45) is 5.41 Å². The summed E-state index contributed by atoms with van der Waals surface area (Å²) in [6.45, 7) is 3.29. The summed E-state index contributed by atoms with van der Waals surface area (Å²) in [6, 6.07) is 12.8. The van der Waals surface area contributed by atoms with E-state index in [0.717, 1.165) is 5.56 Å². The van der Waals surface area contributed by atoms with Crippen molar-refractivity contribution in [3.05, 3.63) is 59.9 Å². The molecule has 0 unspecified atom stereocenters. The Morgan fingerprint density at radius 2 is 1.68 bits per heavy atom. The molecular formula is C19H21FN2O3.